The summed E-state index contributed by atoms with van der Waals surface area (Å²) in [6.07, 6.45) is 4.29. The summed E-state index contributed by atoms with van der Waals surface area (Å²) in [5.74, 6) is -0.0771. The van der Waals surface area contributed by atoms with E-state index in [2.05, 4.69) is 42.5 Å². The molecule has 4 aromatic rings. The number of fused-ring (bicyclic) bond motifs is 1. The minimum atomic E-state index is -0.538. The van der Waals surface area contributed by atoms with E-state index >= 15 is 0 Å². The van der Waals surface area contributed by atoms with Crippen molar-refractivity contribution >= 4 is 22.6 Å². The van der Waals surface area contributed by atoms with E-state index in [1.165, 1.54) is 24.9 Å². The molecule has 9 heteroatoms. The zero-order valence-corrected chi connectivity index (χ0v) is 17.0. The van der Waals surface area contributed by atoms with Crippen molar-refractivity contribution in [3.8, 4) is 11.3 Å². The fourth-order valence-electron chi connectivity index (χ4n) is 3.31. The Morgan fingerprint density at radius 2 is 1.90 bits per heavy atom. The van der Waals surface area contributed by atoms with Crippen LogP contribution in [0.25, 0.3) is 22.2 Å². The van der Waals surface area contributed by atoms with Crippen LogP contribution < -0.4 is 10.6 Å². The Balaban J connectivity index is 1.55. The molecule has 0 unspecified atom stereocenters. The normalized spacial score (nSPS) is 11.8. The molecular weight excluding hydrogens is 397 g/mol. The lowest BCUT2D eigenvalue weighted by Gasteiger charge is -2.16. The Morgan fingerprint density at radius 1 is 1.06 bits per heavy atom. The molecule has 0 aliphatic heterocycles. The summed E-state index contributed by atoms with van der Waals surface area (Å²) in [4.78, 5) is 32.8. The van der Waals surface area contributed by atoms with E-state index in [0.29, 0.717) is 34.7 Å². The monoisotopic (exact) mass is 417 g/mol. The number of benzene rings is 1. The summed E-state index contributed by atoms with van der Waals surface area (Å²) in [5.41, 5.74) is 3.43. The number of hydrogen-bond donors (Lipinski definition) is 2. The topological polar surface area (TPSA) is 106 Å². The molecule has 0 fully saturated rings. The van der Waals surface area contributed by atoms with Crippen molar-refractivity contribution < 1.29 is 9.18 Å². The first kappa shape index (κ1) is 20.3. The smallest absolute Gasteiger partial charge is 0.270 e. The number of amides is 1. The zero-order chi connectivity index (χ0) is 21.8. The van der Waals surface area contributed by atoms with Crippen molar-refractivity contribution in [2.45, 2.75) is 12.8 Å². The van der Waals surface area contributed by atoms with Crippen LogP contribution in [0.15, 0.2) is 55.2 Å². The quantitative estimate of drug-likeness (QED) is 0.464. The molecule has 0 bridgehead atoms. The molecule has 3 heterocycles. The summed E-state index contributed by atoms with van der Waals surface area (Å²) >= 11 is 0. The highest BCUT2D eigenvalue weighted by Gasteiger charge is 2.16. The van der Waals surface area contributed by atoms with Crippen molar-refractivity contribution in [2.24, 2.45) is 0 Å². The molecule has 0 saturated heterocycles. The van der Waals surface area contributed by atoms with E-state index < -0.39 is 5.95 Å². The minimum absolute atomic E-state index is 0.0713. The van der Waals surface area contributed by atoms with Crippen LogP contribution in [0, 0.1) is 5.95 Å². The number of nitrogens with one attached hydrogen (secondary N) is 2. The summed E-state index contributed by atoms with van der Waals surface area (Å²) in [7, 11) is 1.57. The van der Waals surface area contributed by atoms with E-state index in [9.17, 15) is 9.18 Å². The van der Waals surface area contributed by atoms with Gasteiger partial charge in [0.2, 0.25) is 5.95 Å². The molecule has 0 aliphatic carbocycles. The highest BCUT2D eigenvalue weighted by Crippen LogP contribution is 2.26. The maximum Gasteiger partial charge on any atom is 0.270 e. The third kappa shape index (κ3) is 4.30. The van der Waals surface area contributed by atoms with Crippen molar-refractivity contribution in [1.82, 2.24) is 30.2 Å². The molecule has 1 aromatic carbocycles. The highest BCUT2D eigenvalue weighted by molar-refractivity contribution is 6.04. The van der Waals surface area contributed by atoms with Crippen LogP contribution in [-0.4, -0.2) is 44.4 Å². The number of carbonyl (C=O) groups excluding carboxylic acids is 1. The largest absolute Gasteiger partial charge is 0.369 e. The van der Waals surface area contributed by atoms with Gasteiger partial charge >= 0.3 is 0 Å². The average molecular weight is 417 g/mol. The second kappa shape index (κ2) is 8.78. The first-order valence-electron chi connectivity index (χ1n) is 9.70. The molecular formula is C22H20FN7O. The second-order valence-corrected chi connectivity index (χ2v) is 6.98. The molecule has 3 aromatic heterocycles. The number of nitrogens with zero attached hydrogens (tertiary/aromatic N) is 5. The first-order chi connectivity index (χ1) is 15.1. The molecule has 1 atom stereocenters. The van der Waals surface area contributed by atoms with Gasteiger partial charge in [-0.25, -0.2) is 24.9 Å². The number of rotatable bonds is 6. The molecule has 0 radical (unpaired) electrons. The van der Waals surface area contributed by atoms with Crippen LogP contribution in [0.2, 0.25) is 0 Å². The number of carbonyl (C=O) groups is 1. The fourth-order valence-corrected chi connectivity index (χ4v) is 3.31. The number of para-hydroxylation sites is 1. The maximum atomic E-state index is 13.1. The Bertz CT molecular complexity index is 1230. The first-order valence-corrected chi connectivity index (χ1v) is 9.70. The van der Waals surface area contributed by atoms with E-state index in [1.807, 2.05) is 18.2 Å². The van der Waals surface area contributed by atoms with Gasteiger partial charge in [0.15, 0.2) is 0 Å². The SMILES string of the molecule is CNC(=O)c1ncnc2c([C@H](C)CNc3cc(-c4ccc(F)nc4)ncn3)cccc12. The molecule has 31 heavy (non-hydrogen) atoms. The van der Waals surface area contributed by atoms with Crippen molar-refractivity contribution in [2.75, 3.05) is 18.9 Å². The van der Waals surface area contributed by atoms with Crippen LogP contribution >= 0.6 is 0 Å². The van der Waals surface area contributed by atoms with Crippen LogP contribution in [0.1, 0.15) is 28.9 Å². The Labute approximate surface area is 178 Å². The summed E-state index contributed by atoms with van der Waals surface area (Å²) in [6.45, 7) is 2.64. The number of hydrogen-bond acceptors (Lipinski definition) is 7. The molecule has 2 N–H and O–H groups in total. The van der Waals surface area contributed by atoms with Gasteiger partial charge in [0, 0.05) is 42.7 Å². The Kier molecular flexibility index (Phi) is 5.74. The lowest BCUT2D eigenvalue weighted by atomic mass is 9.97. The maximum absolute atomic E-state index is 13.1. The van der Waals surface area contributed by atoms with Gasteiger partial charge in [-0.1, -0.05) is 25.1 Å². The molecule has 8 nitrogen and oxygen atoms in total. The standard InChI is InChI=1S/C22H20FN7O/c1-13(15-4-3-5-16-20(15)29-12-30-21(16)22(31)24-2)9-26-19-8-17(27-11-28-19)14-6-7-18(23)25-10-14/h3-8,10-13H,9H2,1-2H3,(H,24,31)(H,26,27,28)/t13-/m1/s1. The number of halogens is 1. The van der Waals surface area contributed by atoms with Gasteiger partial charge in [-0.05, 0) is 17.7 Å². The van der Waals surface area contributed by atoms with Gasteiger partial charge in [0.05, 0.1) is 11.2 Å². The summed E-state index contributed by atoms with van der Waals surface area (Å²) in [5, 5.41) is 6.63. The molecule has 4 rings (SSSR count). The summed E-state index contributed by atoms with van der Waals surface area (Å²) in [6, 6.07) is 10.4. The predicted octanol–water partition coefficient (Wildman–Crippen LogP) is 3.20. The van der Waals surface area contributed by atoms with Crippen LogP contribution in [0.5, 0.6) is 0 Å². The Hall–Kier alpha value is -4.01. The lowest BCUT2D eigenvalue weighted by molar-refractivity contribution is 0.0960. The van der Waals surface area contributed by atoms with E-state index in [1.54, 1.807) is 19.2 Å². The van der Waals surface area contributed by atoms with E-state index in [4.69, 9.17) is 0 Å². The second-order valence-electron chi connectivity index (χ2n) is 6.98. The predicted molar refractivity (Wildman–Crippen MR) is 115 cm³/mol. The molecule has 0 saturated carbocycles. The summed E-state index contributed by atoms with van der Waals surface area (Å²) < 4.78 is 13.1. The number of anilines is 1. The van der Waals surface area contributed by atoms with Crippen LogP contribution in [0.3, 0.4) is 0 Å². The van der Waals surface area contributed by atoms with Crippen molar-refractivity contribution in [3.63, 3.8) is 0 Å². The average Bonchev–Trinajstić information content (AvgIpc) is 2.82. The third-order valence-corrected chi connectivity index (χ3v) is 4.95. The fraction of sp³-hybridized carbons (Fsp3) is 0.182. The zero-order valence-electron chi connectivity index (χ0n) is 17.0. The molecule has 156 valence electrons. The number of pyridine rings is 1. The minimum Gasteiger partial charge on any atom is -0.369 e. The van der Waals surface area contributed by atoms with E-state index in [-0.39, 0.29) is 11.8 Å². The third-order valence-electron chi connectivity index (χ3n) is 4.95. The Morgan fingerprint density at radius 3 is 2.68 bits per heavy atom. The van der Waals surface area contributed by atoms with E-state index in [0.717, 1.165) is 11.1 Å². The number of aromatic nitrogens is 5. The van der Waals surface area contributed by atoms with Gasteiger partial charge in [-0.2, -0.15) is 4.39 Å². The van der Waals surface area contributed by atoms with Gasteiger partial charge in [0.25, 0.3) is 5.91 Å². The molecule has 0 spiro atoms. The van der Waals surface area contributed by atoms with Gasteiger partial charge in [-0.15, -0.1) is 0 Å². The van der Waals surface area contributed by atoms with Crippen LogP contribution in [-0.2, 0) is 0 Å². The van der Waals surface area contributed by atoms with Crippen molar-refractivity contribution in [3.05, 3.63) is 72.5 Å². The van der Waals surface area contributed by atoms with Crippen LogP contribution in [0.4, 0.5) is 10.2 Å². The lowest BCUT2D eigenvalue weighted by Crippen LogP contribution is -2.20. The molecule has 1 amide bonds. The van der Waals surface area contributed by atoms with Gasteiger partial charge in [0.1, 0.15) is 24.2 Å². The van der Waals surface area contributed by atoms with Crippen molar-refractivity contribution in [1.29, 1.82) is 0 Å². The highest BCUT2D eigenvalue weighted by atomic mass is 19.1. The van der Waals surface area contributed by atoms with Gasteiger partial charge in [-0.3, -0.25) is 4.79 Å². The molecule has 0 aliphatic rings. The van der Waals surface area contributed by atoms with Gasteiger partial charge < -0.3 is 10.6 Å².